The standard InChI is InChI=1S/C33H36F3N7O2.C2H6/c1-19-10-12-23(40-32(45)22-11-9-20(2)28(36)15-22)16-24(19)29-25(17-38-5)31(42-33(41-29)39-21(3)13-14-37-4)43(18-44)30-26(34)7-6-8-27(30)35;1-2/h6-12,15-16,18,21,37-38H,13-14,17H2,1-5H3,(H,40,45)(H,39,41,42);1-2H3. The molecule has 2 amide bonds. The van der Waals surface area contributed by atoms with Gasteiger partial charge in [0.1, 0.15) is 23.1 Å². The Balaban J connectivity index is 0.00000294. The highest BCUT2D eigenvalue weighted by molar-refractivity contribution is 6.04. The van der Waals surface area contributed by atoms with Crippen LogP contribution in [0.1, 0.15) is 54.2 Å². The molecule has 0 bridgehead atoms. The summed E-state index contributed by atoms with van der Waals surface area (Å²) >= 11 is 0. The molecule has 0 aliphatic rings. The van der Waals surface area contributed by atoms with Crippen LogP contribution >= 0.6 is 0 Å². The van der Waals surface area contributed by atoms with E-state index in [9.17, 15) is 14.0 Å². The van der Waals surface area contributed by atoms with Crippen LogP contribution in [0.3, 0.4) is 0 Å². The van der Waals surface area contributed by atoms with Crippen LogP contribution in [0.25, 0.3) is 11.3 Å². The molecule has 0 aliphatic carbocycles. The Labute approximate surface area is 274 Å². The number of aryl methyl sites for hydroxylation is 2. The summed E-state index contributed by atoms with van der Waals surface area (Å²) in [6, 6.07) is 12.6. The molecular formula is C35H42F3N7O2. The molecule has 0 aliphatic heterocycles. The molecule has 0 spiro atoms. The van der Waals surface area contributed by atoms with E-state index in [0.29, 0.717) is 47.4 Å². The highest BCUT2D eigenvalue weighted by Gasteiger charge is 2.26. The van der Waals surface area contributed by atoms with Crippen molar-refractivity contribution in [3.05, 3.63) is 94.3 Å². The number of nitrogens with zero attached hydrogens (tertiary/aromatic N) is 3. The van der Waals surface area contributed by atoms with E-state index in [-0.39, 0.29) is 29.9 Å². The lowest BCUT2D eigenvalue weighted by atomic mass is 9.99. The van der Waals surface area contributed by atoms with Crippen molar-refractivity contribution in [2.24, 2.45) is 0 Å². The minimum atomic E-state index is -0.942. The third-order valence-corrected chi connectivity index (χ3v) is 7.24. The van der Waals surface area contributed by atoms with E-state index in [1.165, 1.54) is 24.3 Å². The predicted octanol–water partition coefficient (Wildman–Crippen LogP) is 6.88. The Morgan fingerprint density at radius 3 is 2.21 bits per heavy atom. The van der Waals surface area contributed by atoms with Gasteiger partial charge in [-0.2, -0.15) is 4.98 Å². The van der Waals surface area contributed by atoms with E-state index < -0.39 is 29.0 Å². The van der Waals surface area contributed by atoms with Gasteiger partial charge in [0.05, 0.1) is 5.69 Å². The number of para-hydroxylation sites is 1. The third-order valence-electron chi connectivity index (χ3n) is 7.24. The van der Waals surface area contributed by atoms with E-state index in [4.69, 9.17) is 4.98 Å². The summed E-state index contributed by atoms with van der Waals surface area (Å²) in [6.45, 7) is 10.2. The van der Waals surface area contributed by atoms with Gasteiger partial charge in [0.25, 0.3) is 5.91 Å². The quantitative estimate of drug-likeness (QED) is 0.117. The van der Waals surface area contributed by atoms with Gasteiger partial charge in [-0.25, -0.2) is 18.2 Å². The second-order valence-electron chi connectivity index (χ2n) is 10.7. The van der Waals surface area contributed by atoms with E-state index in [2.05, 4.69) is 26.3 Å². The normalized spacial score (nSPS) is 11.3. The van der Waals surface area contributed by atoms with Crippen molar-refractivity contribution in [2.45, 2.75) is 53.6 Å². The van der Waals surface area contributed by atoms with E-state index in [1.54, 1.807) is 32.2 Å². The summed E-state index contributed by atoms with van der Waals surface area (Å²) in [5.41, 5.74) is 2.49. The van der Waals surface area contributed by atoms with Crippen LogP contribution in [0.2, 0.25) is 0 Å². The predicted molar refractivity (Wildman–Crippen MR) is 182 cm³/mol. The molecule has 3 aromatic carbocycles. The number of hydrogen-bond acceptors (Lipinski definition) is 7. The van der Waals surface area contributed by atoms with Crippen molar-refractivity contribution < 1.29 is 22.8 Å². The van der Waals surface area contributed by atoms with Crippen LogP contribution in [0.15, 0.2) is 54.6 Å². The number of halogens is 3. The van der Waals surface area contributed by atoms with Crippen LogP contribution in [0, 0.1) is 31.3 Å². The molecule has 0 fully saturated rings. The molecule has 0 radical (unpaired) electrons. The summed E-state index contributed by atoms with van der Waals surface area (Å²) in [5.74, 6) is -2.78. The molecule has 9 nitrogen and oxygen atoms in total. The minimum Gasteiger partial charge on any atom is -0.352 e. The van der Waals surface area contributed by atoms with Crippen molar-refractivity contribution in [3.8, 4) is 11.3 Å². The summed E-state index contributed by atoms with van der Waals surface area (Å²) in [6.07, 6.45) is 1.02. The summed E-state index contributed by atoms with van der Waals surface area (Å²) in [4.78, 5) is 35.7. The number of anilines is 4. The minimum absolute atomic E-state index is 0.0272. The molecule has 12 heteroatoms. The number of nitrogens with one attached hydrogen (secondary N) is 4. The molecule has 4 N–H and O–H groups in total. The molecule has 1 atom stereocenters. The average Bonchev–Trinajstić information content (AvgIpc) is 3.05. The maximum absolute atomic E-state index is 15.0. The van der Waals surface area contributed by atoms with Gasteiger partial charge < -0.3 is 21.3 Å². The van der Waals surface area contributed by atoms with Gasteiger partial charge in [0, 0.05) is 35.0 Å². The fraction of sp³-hybridized carbons (Fsp3) is 0.314. The van der Waals surface area contributed by atoms with Crippen molar-refractivity contribution in [3.63, 3.8) is 0 Å². The number of aromatic nitrogens is 2. The number of benzene rings is 3. The molecular weight excluding hydrogens is 607 g/mol. The summed E-state index contributed by atoms with van der Waals surface area (Å²) < 4.78 is 44.2. The van der Waals surface area contributed by atoms with E-state index in [1.807, 2.05) is 34.7 Å². The number of carbonyl (C=O) groups is 2. The van der Waals surface area contributed by atoms with Crippen LogP contribution in [0.4, 0.5) is 36.3 Å². The molecule has 1 unspecified atom stereocenters. The lowest BCUT2D eigenvalue weighted by Gasteiger charge is -2.25. The van der Waals surface area contributed by atoms with E-state index in [0.717, 1.165) is 22.6 Å². The Kier molecular flexibility index (Phi) is 13.4. The lowest BCUT2D eigenvalue weighted by molar-refractivity contribution is -0.106. The van der Waals surface area contributed by atoms with Crippen molar-refractivity contribution in [2.75, 3.05) is 36.2 Å². The maximum Gasteiger partial charge on any atom is 0.255 e. The van der Waals surface area contributed by atoms with Crippen molar-refractivity contribution in [1.82, 2.24) is 20.6 Å². The van der Waals surface area contributed by atoms with Gasteiger partial charge in [0.15, 0.2) is 5.82 Å². The first kappa shape index (κ1) is 36.7. The fourth-order valence-electron chi connectivity index (χ4n) is 4.77. The van der Waals surface area contributed by atoms with Crippen LogP contribution in [-0.2, 0) is 11.3 Å². The van der Waals surface area contributed by atoms with Gasteiger partial charge in [-0.05, 0) is 95.4 Å². The average molecular weight is 650 g/mol. The molecule has 1 heterocycles. The summed E-state index contributed by atoms with van der Waals surface area (Å²) in [5, 5.41) is 12.2. The Morgan fingerprint density at radius 2 is 1.60 bits per heavy atom. The zero-order valence-electron chi connectivity index (χ0n) is 27.8. The molecule has 4 aromatic rings. The van der Waals surface area contributed by atoms with Crippen LogP contribution in [-0.4, -0.2) is 49.0 Å². The Morgan fingerprint density at radius 1 is 0.915 bits per heavy atom. The largest absolute Gasteiger partial charge is 0.352 e. The monoisotopic (exact) mass is 649 g/mol. The molecule has 1 aromatic heterocycles. The second kappa shape index (κ2) is 17.2. The smallest absolute Gasteiger partial charge is 0.255 e. The second-order valence-corrected chi connectivity index (χ2v) is 10.7. The summed E-state index contributed by atoms with van der Waals surface area (Å²) in [7, 11) is 3.51. The maximum atomic E-state index is 15.0. The lowest BCUT2D eigenvalue weighted by Crippen LogP contribution is -2.26. The van der Waals surface area contributed by atoms with Gasteiger partial charge in [0.2, 0.25) is 12.4 Å². The van der Waals surface area contributed by atoms with Gasteiger partial charge in [-0.3, -0.25) is 14.5 Å². The van der Waals surface area contributed by atoms with Gasteiger partial charge in [-0.1, -0.05) is 32.0 Å². The van der Waals surface area contributed by atoms with Gasteiger partial charge in [-0.15, -0.1) is 0 Å². The number of carbonyl (C=O) groups excluding carboxylic acids is 2. The number of amides is 2. The highest BCUT2D eigenvalue weighted by atomic mass is 19.1. The molecule has 250 valence electrons. The zero-order chi connectivity index (χ0) is 34.7. The van der Waals surface area contributed by atoms with Crippen LogP contribution in [0.5, 0.6) is 0 Å². The third kappa shape index (κ3) is 8.93. The molecule has 4 rings (SSSR count). The van der Waals surface area contributed by atoms with Crippen LogP contribution < -0.4 is 26.2 Å². The molecule has 0 saturated carbocycles. The molecule has 0 saturated heterocycles. The first-order valence-corrected chi connectivity index (χ1v) is 15.4. The van der Waals surface area contributed by atoms with Crippen molar-refractivity contribution in [1.29, 1.82) is 0 Å². The zero-order valence-corrected chi connectivity index (χ0v) is 27.8. The topological polar surface area (TPSA) is 111 Å². The fourth-order valence-corrected chi connectivity index (χ4v) is 4.77. The SMILES string of the molecule is CC.CNCCC(C)Nc1nc(-c2cc(NC(=O)c3ccc(C)c(F)c3)ccc2C)c(CNC)c(N(C=O)c2c(F)cccc2F)n1. The Hall–Kier alpha value is -4.81. The highest BCUT2D eigenvalue weighted by Crippen LogP contribution is 2.37. The van der Waals surface area contributed by atoms with Crippen molar-refractivity contribution >= 4 is 35.5 Å². The number of rotatable bonds is 13. The first-order valence-electron chi connectivity index (χ1n) is 15.4. The number of hydrogen-bond donors (Lipinski definition) is 4. The molecule has 47 heavy (non-hydrogen) atoms. The van der Waals surface area contributed by atoms with Gasteiger partial charge >= 0.3 is 0 Å². The van der Waals surface area contributed by atoms with E-state index >= 15 is 8.78 Å². The first-order chi connectivity index (χ1) is 22.6. The Bertz CT molecular complexity index is 1680.